The van der Waals surface area contributed by atoms with Gasteiger partial charge in [0.1, 0.15) is 0 Å². The van der Waals surface area contributed by atoms with Crippen LogP contribution < -0.4 is 4.73 Å². The fourth-order valence-corrected chi connectivity index (χ4v) is 1.73. The molecule has 2 heteroatoms. The summed E-state index contributed by atoms with van der Waals surface area (Å²) in [4.78, 5) is 0. The topological polar surface area (TPSA) is 26.9 Å². The molecule has 0 saturated heterocycles. The molecule has 2 nitrogen and oxygen atoms in total. The summed E-state index contributed by atoms with van der Waals surface area (Å²) >= 11 is 0. The van der Waals surface area contributed by atoms with Crippen molar-refractivity contribution in [2.24, 2.45) is 0 Å². The molecule has 14 heavy (non-hydrogen) atoms. The Hall–Kier alpha value is -1.57. The monoisotopic (exact) mass is 187 g/mol. The average molecular weight is 187 g/mol. The van der Waals surface area contributed by atoms with Crippen molar-refractivity contribution in [3.63, 3.8) is 0 Å². The van der Waals surface area contributed by atoms with Crippen molar-refractivity contribution in [1.29, 1.82) is 0 Å². The van der Waals surface area contributed by atoms with Gasteiger partial charge in [-0.05, 0) is 18.1 Å². The second kappa shape index (κ2) is 3.29. The number of nitrogens with zero attached hydrogens (tertiary/aromatic N) is 1. The first-order valence-electron chi connectivity index (χ1n) is 4.81. The van der Waals surface area contributed by atoms with Crippen molar-refractivity contribution in [3.8, 4) is 0 Å². The van der Waals surface area contributed by atoms with Crippen LogP contribution in [0.15, 0.2) is 36.5 Å². The van der Waals surface area contributed by atoms with Crippen LogP contribution in [0.3, 0.4) is 0 Å². The molecule has 0 aliphatic heterocycles. The minimum atomic E-state index is 0.376. The van der Waals surface area contributed by atoms with Crippen molar-refractivity contribution in [2.75, 3.05) is 0 Å². The summed E-state index contributed by atoms with van der Waals surface area (Å²) < 4.78 is 0.949. The average Bonchev–Trinajstić information content (AvgIpc) is 2.17. The largest absolute Gasteiger partial charge is 0.618 e. The molecule has 0 saturated carbocycles. The van der Waals surface area contributed by atoms with Gasteiger partial charge in [0, 0.05) is 17.0 Å². The number of hydrogen-bond donors (Lipinski definition) is 0. The Bertz CT molecular complexity index is 458. The third kappa shape index (κ3) is 1.33. The van der Waals surface area contributed by atoms with Gasteiger partial charge < -0.3 is 5.21 Å². The van der Waals surface area contributed by atoms with Crippen LogP contribution in [-0.2, 0) is 0 Å². The zero-order valence-electron chi connectivity index (χ0n) is 8.40. The Morgan fingerprint density at radius 3 is 2.57 bits per heavy atom. The first kappa shape index (κ1) is 9.00. The van der Waals surface area contributed by atoms with E-state index in [1.165, 1.54) is 0 Å². The number of fused-ring (bicyclic) bond motifs is 1. The highest BCUT2D eigenvalue weighted by molar-refractivity contribution is 5.79. The number of benzene rings is 1. The summed E-state index contributed by atoms with van der Waals surface area (Å²) in [5.74, 6) is 0.376. The summed E-state index contributed by atoms with van der Waals surface area (Å²) in [6.45, 7) is 4.20. The molecule has 0 aliphatic rings. The van der Waals surface area contributed by atoms with Crippen molar-refractivity contribution < 1.29 is 4.73 Å². The zero-order chi connectivity index (χ0) is 10.1. The van der Waals surface area contributed by atoms with Gasteiger partial charge in [-0.3, -0.25) is 0 Å². The molecule has 0 atom stereocenters. The minimum Gasteiger partial charge on any atom is -0.618 e. The van der Waals surface area contributed by atoms with Gasteiger partial charge in [0.15, 0.2) is 6.20 Å². The highest BCUT2D eigenvalue weighted by Crippen LogP contribution is 2.21. The van der Waals surface area contributed by atoms with Crippen LogP contribution in [0.5, 0.6) is 0 Å². The standard InChI is InChI=1S/C12H13NO/c1-9(2)11-7-3-5-10-6-4-8-13(14)12(10)11/h3-9H,1-2H3. The molecular weight excluding hydrogens is 174 g/mol. The summed E-state index contributed by atoms with van der Waals surface area (Å²) in [7, 11) is 0. The van der Waals surface area contributed by atoms with Crippen molar-refractivity contribution >= 4 is 10.9 Å². The Labute approximate surface area is 83.4 Å². The van der Waals surface area contributed by atoms with E-state index < -0.39 is 0 Å². The first-order valence-corrected chi connectivity index (χ1v) is 4.81. The zero-order valence-corrected chi connectivity index (χ0v) is 8.40. The van der Waals surface area contributed by atoms with Gasteiger partial charge in [0.25, 0.3) is 0 Å². The molecule has 72 valence electrons. The van der Waals surface area contributed by atoms with Gasteiger partial charge >= 0.3 is 0 Å². The lowest BCUT2D eigenvalue weighted by Gasteiger charge is -2.08. The molecule has 0 radical (unpaired) electrons. The van der Waals surface area contributed by atoms with Crippen LogP contribution in [0.25, 0.3) is 10.9 Å². The van der Waals surface area contributed by atoms with Gasteiger partial charge in [-0.15, -0.1) is 0 Å². The lowest BCUT2D eigenvalue weighted by atomic mass is 10.00. The Morgan fingerprint density at radius 2 is 1.86 bits per heavy atom. The SMILES string of the molecule is CC(C)c1cccc2ccc[n+]([O-])c12. The maximum absolute atomic E-state index is 11.6. The third-order valence-corrected chi connectivity index (χ3v) is 2.44. The van der Waals surface area contributed by atoms with E-state index in [2.05, 4.69) is 13.8 Å². The Morgan fingerprint density at radius 1 is 1.14 bits per heavy atom. The second-order valence-electron chi connectivity index (χ2n) is 3.77. The lowest BCUT2D eigenvalue weighted by molar-refractivity contribution is -0.577. The molecule has 0 bridgehead atoms. The smallest absolute Gasteiger partial charge is 0.227 e. The normalized spacial score (nSPS) is 11.1. The molecule has 2 rings (SSSR count). The predicted molar refractivity (Wildman–Crippen MR) is 57.0 cm³/mol. The Balaban J connectivity index is 2.84. The Kier molecular flexibility index (Phi) is 2.12. The van der Waals surface area contributed by atoms with E-state index in [0.717, 1.165) is 21.2 Å². The molecule has 0 amide bonds. The molecule has 0 N–H and O–H groups in total. The summed E-state index contributed by atoms with van der Waals surface area (Å²) in [6, 6.07) is 9.73. The number of hydrogen-bond acceptors (Lipinski definition) is 1. The summed E-state index contributed by atoms with van der Waals surface area (Å²) in [6.07, 6.45) is 1.55. The number of rotatable bonds is 1. The highest BCUT2D eigenvalue weighted by atomic mass is 16.5. The lowest BCUT2D eigenvalue weighted by Crippen LogP contribution is -2.27. The van der Waals surface area contributed by atoms with Crippen LogP contribution in [0.4, 0.5) is 0 Å². The molecule has 1 aromatic heterocycles. The predicted octanol–water partition coefficient (Wildman–Crippen LogP) is 2.60. The van der Waals surface area contributed by atoms with E-state index in [0.29, 0.717) is 5.92 Å². The molecule has 0 fully saturated rings. The van der Waals surface area contributed by atoms with E-state index >= 15 is 0 Å². The van der Waals surface area contributed by atoms with Crippen LogP contribution in [0.1, 0.15) is 25.3 Å². The van der Waals surface area contributed by atoms with Crippen molar-refractivity contribution in [1.82, 2.24) is 0 Å². The molecule has 1 aromatic carbocycles. The third-order valence-electron chi connectivity index (χ3n) is 2.44. The highest BCUT2D eigenvalue weighted by Gasteiger charge is 2.11. The van der Waals surface area contributed by atoms with E-state index in [-0.39, 0.29) is 0 Å². The molecule has 2 aromatic rings. The van der Waals surface area contributed by atoms with Gasteiger partial charge in [0.05, 0.1) is 0 Å². The van der Waals surface area contributed by atoms with Gasteiger partial charge in [0.2, 0.25) is 5.52 Å². The number of para-hydroxylation sites is 1. The van der Waals surface area contributed by atoms with Crippen molar-refractivity contribution in [3.05, 3.63) is 47.3 Å². The number of pyridine rings is 1. The van der Waals surface area contributed by atoms with Gasteiger partial charge in [-0.2, -0.15) is 4.73 Å². The minimum absolute atomic E-state index is 0.376. The van der Waals surface area contributed by atoms with Crippen molar-refractivity contribution in [2.45, 2.75) is 19.8 Å². The molecule has 0 aliphatic carbocycles. The van der Waals surface area contributed by atoms with E-state index in [1.807, 2.05) is 24.3 Å². The molecule has 0 spiro atoms. The van der Waals surface area contributed by atoms with Crippen LogP contribution in [-0.4, -0.2) is 0 Å². The van der Waals surface area contributed by atoms with E-state index in [9.17, 15) is 5.21 Å². The fourth-order valence-electron chi connectivity index (χ4n) is 1.73. The summed E-state index contributed by atoms with van der Waals surface area (Å²) in [5.41, 5.74) is 1.91. The fraction of sp³-hybridized carbons (Fsp3) is 0.250. The maximum atomic E-state index is 11.6. The molecular formula is C12H13NO. The molecule has 0 unspecified atom stereocenters. The van der Waals surface area contributed by atoms with Crippen LogP contribution in [0, 0.1) is 5.21 Å². The number of aromatic nitrogens is 1. The van der Waals surface area contributed by atoms with E-state index in [1.54, 1.807) is 12.3 Å². The second-order valence-corrected chi connectivity index (χ2v) is 3.77. The summed E-state index contributed by atoms with van der Waals surface area (Å²) in [5, 5.41) is 12.6. The quantitative estimate of drug-likeness (QED) is 0.498. The van der Waals surface area contributed by atoms with E-state index in [4.69, 9.17) is 0 Å². The van der Waals surface area contributed by atoms with Gasteiger partial charge in [-0.25, -0.2) is 0 Å². The first-order chi connectivity index (χ1) is 6.70. The van der Waals surface area contributed by atoms with Gasteiger partial charge in [-0.1, -0.05) is 26.0 Å². The maximum Gasteiger partial charge on any atom is 0.227 e. The molecule has 1 heterocycles. The van der Waals surface area contributed by atoms with Crippen LogP contribution in [0.2, 0.25) is 0 Å². The van der Waals surface area contributed by atoms with Crippen LogP contribution >= 0.6 is 0 Å².